The van der Waals surface area contributed by atoms with E-state index in [9.17, 15) is 0 Å². The molecule has 0 amide bonds. The van der Waals surface area contributed by atoms with E-state index >= 15 is 0 Å². The standard InChI is InChI=1S/C16H22BrClN2/c1-12-9-14(17)16(10-15(12)18)20-8-4-7-19-6-3-2-5-13(19)11-20/h9-10,13H,2-8,11H2,1H3. The van der Waals surface area contributed by atoms with Gasteiger partial charge in [-0.25, -0.2) is 0 Å². The summed E-state index contributed by atoms with van der Waals surface area (Å²) in [5.74, 6) is 0. The molecular weight excluding hydrogens is 336 g/mol. The Balaban J connectivity index is 1.84. The molecule has 1 aromatic rings. The molecule has 4 heteroatoms. The molecule has 20 heavy (non-hydrogen) atoms. The van der Waals surface area contributed by atoms with Crippen LogP contribution in [0.4, 0.5) is 5.69 Å². The third-order valence-corrected chi connectivity index (χ3v) is 5.66. The van der Waals surface area contributed by atoms with Crippen LogP contribution >= 0.6 is 27.5 Å². The van der Waals surface area contributed by atoms with E-state index in [0.717, 1.165) is 29.7 Å². The van der Waals surface area contributed by atoms with Gasteiger partial charge in [-0.05, 0) is 66.4 Å². The summed E-state index contributed by atoms with van der Waals surface area (Å²) in [5, 5.41) is 0.868. The number of anilines is 1. The van der Waals surface area contributed by atoms with Crippen molar-refractivity contribution in [2.75, 3.05) is 31.1 Å². The van der Waals surface area contributed by atoms with Crippen LogP contribution in [-0.4, -0.2) is 37.1 Å². The monoisotopic (exact) mass is 356 g/mol. The number of hydrogen-bond donors (Lipinski definition) is 0. The third-order valence-electron chi connectivity index (χ3n) is 4.62. The number of hydrogen-bond acceptors (Lipinski definition) is 2. The van der Waals surface area contributed by atoms with Crippen molar-refractivity contribution in [3.05, 3.63) is 27.2 Å². The van der Waals surface area contributed by atoms with Gasteiger partial charge < -0.3 is 4.90 Å². The minimum absolute atomic E-state index is 0.721. The molecule has 0 saturated carbocycles. The molecule has 0 spiro atoms. The molecule has 0 aromatic heterocycles. The number of piperidine rings is 1. The lowest BCUT2D eigenvalue weighted by molar-refractivity contribution is 0.162. The summed E-state index contributed by atoms with van der Waals surface area (Å²) in [4.78, 5) is 5.21. The van der Waals surface area contributed by atoms with Crippen molar-refractivity contribution in [3.63, 3.8) is 0 Å². The first-order valence-electron chi connectivity index (χ1n) is 7.60. The van der Waals surface area contributed by atoms with Crippen LogP contribution in [0.3, 0.4) is 0 Å². The smallest absolute Gasteiger partial charge is 0.0526 e. The van der Waals surface area contributed by atoms with E-state index < -0.39 is 0 Å². The maximum atomic E-state index is 6.33. The van der Waals surface area contributed by atoms with Gasteiger partial charge in [0.05, 0.1) is 5.69 Å². The van der Waals surface area contributed by atoms with Gasteiger partial charge >= 0.3 is 0 Å². The number of halogens is 2. The molecule has 2 nitrogen and oxygen atoms in total. The number of fused-ring (bicyclic) bond motifs is 1. The predicted molar refractivity (Wildman–Crippen MR) is 89.9 cm³/mol. The minimum Gasteiger partial charge on any atom is -0.369 e. The molecule has 0 aliphatic carbocycles. The normalized spacial score (nSPS) is 24.4. The zero-order valence-corrected chi connectivity index (χ0v) is 14.4. The summed E-state index contributed by atoms with van der Waals surface area (Å²) in [5.41, 5.74) is 2.39. The fourth-order valence-electron chi connectivity index (χ4n) is 3.47. The summed E-state index contributed by atoms with van der Waals surface area (Å²) in [6, 6.07) is 4.99. The first-order valence-corrected chi connectivity index (χ1v) is 8.77. The van der Waals surface area contributed by atoms with E-state index in [-0.39, 0.29) is 0 Å². The van der Waals surface area contributed by atoms with E-state index in [2.05, 4.69) is 44.8 Å². The van der Waals surface area contributed by atoms with Crippen LogP contribution in [0.1, 0.15) is 31.2 Å². The zero-order valence-electron chi connectivity index (χ0n) is 12.0. The Labute approximate surface area is 135 Å². The Bertz CT molecular complexity index is 492. The van der Waals surface area contributed by atoms with Crippen LogP contribution in [0.25, 0.3) is 0 Å². The highest BCUT2D eigenvalue weighted by Gasteiger charge is 2.27. The SMILES string of the molecule is Cc1cc(Br)c(N2CCCN3CCCCC3C2)cc1Cl. The fraction of sp³-hybridized carbons (Fsp3) is 0.625. The second-order valence-electron chi connectivity index (χ2n) is 6.04. The van der Waals surface area contributed by atoms with E-state index in [1.165, 1.54) is 48.9 Å². The highest BCUT2D eigenvalue weighted by Crippen LogP contribution is 2.34. The average Bonchev–Trinajstić information content (AvgIpc) is 2.65. The van der Waals surface area contributed by atoms with Crippen molar-refractivity contribution >= 4 is 33.2 Å². The largest absolute Gasteiger partial charge is 0.369 e. The molecule has 0 N–H and O–H groups in total. The van der Waals surface area contributed by atoms with Gasteiger partial charge in [-0.1, -0.05) is 18.0 Å². The average molecular weight is 358 g/mol. The van der Waals surface area contributed by atoms with E-state index in [1.54, 1.807) is 0 Å². The second-order valence-corrected chi connectivity index (χ2v) is 7.30. The summed E-state index contributed by atoms with van der Waals surface area (Å²) in [6.07, 6.45) is 5.34. The van der Waals surface area contributed by atoms with Gasteiger partial charge in [-0.2, -0.15) is 0 Å². The molecule has 1 aromatic carbocycles. The Morgan fingerprint density at radius 3 is 2.80 bits per heavy atom. The van der Waals surface area contributed by atoms with Gasteiger partial charge in [0.25, 0.3) is 0 Å². The Morgan fingerprint density at radius 1 is 1.15 bits per heavy atom. The first-order chi connectivity index (χ1) is 9.65. The summed E-state index contributed by atoms with van der Waals surface area (Å²) in [7, 11) is 0. The Kier molecular flexibility index (Phi) is 4.58. The number of aryl methyl sites for hydroxylation is 1. The topological polar surface area (TPSA) is 6.48 Å². The van der Waals surface area contributed by atoms with Crippen molar-refractivity contribution in [3.8, 4) is 0 Å². The molecular formula is C16H22BrClN2. The third kappa shape index (κ3) is 3.00. The van der Waals surface area contributed by atoms with Gasteiger partial charge in [-0.15, -0.1) is 0 Å². The summed E-state index contributed by atoms with van der Waals surface area (Å²) >= 11 is 10.0. The minimum atomic E-state index is 0.721. The van der Waals surface area contributed by atoms with E-state index in [4.69, 9.17) is 11.6 Å². The van der Waals surface area contributed by atoms with Crippen molar-refractivity contribution in [2.45, 2.75) is 38.6 Å². The van der Waals surface area contributed by atoms with Gasteiger partial charge in [0.15, 0.2) is 0 Å². The molecule has 2 fully saturated rings. The van der Waals surface area contributed by atoms with Crippen molar-refractivity contribution in [1.82, 2.24) is 4.90 Å². The number of nitrogens with zero attached hydrogens (tertiary/aromatic N) is 2. The van der Waals surface area contributed by atoms with Crippen molar-refractivity contribution in [1.29, 1.82) is 0 Å². The van der Waals surface area contributed by atoms with Crippen molar-refractivity contribution < 1.29 is 0 Å². The van der Waals surface area contributed by atoms with E-state index in [0.29, 0.717) is 0 Å². The van der Waals surface area contributed by atoms with Crippen LogP contribution in [0, 0.1) is 6.92 Å². The van der Waals surface area contributed by atoms with Gasteiger partial charge in [0.2, 0.25) is 0 Å². The van der Waals surface area contributed by atoms with Gasteiger partial charge in [-0.3, -0.25) is 4.90 Å². The highest BCUT2D eigenvalue weighted by molar-refractivity contribution is 9.10. The molecule has 0 radical (unpaired) electrons. The molecule has 2 heterocycles. The zero-order chi connectivity index (χ0) is 14.1. The van der Waals surface area contributed by atoms with Crippen molar-refractivity contribution in [2.24, 2.45) is 0 Å². The number of rotatable bonds is 1. The molecule has 2 saturated heterocycles. The molecule has 3 rings (SSSR count). The van der Waals surface area contributed by atoms with Crippen LogP contribution in [-0.2, 0) is 0 Å². The highest BCUT2D eigenvalue weighted by atomic mass is 79.9. The predicted octanol–water partition coefficient (Wildman–Crippen LogP) is 4.48. The summed E-state index contributed by atoms with van der Waals surface area (Å²) < 4.78 is 1.17. The molecule has 1 unspecified atom stereocenters. The molecule has 2 aliphatic heterocycles. The molecule has 0 bridgehead atoms. The quantitative estimate of drug-likeness (QED) is 0.731. The lowest BCUT2D eigenvalue weighted by Crippen LogP contribution is -2.44. The molecule has 2 aliphatic rings. The van der Waals surface area contributed by atoms with Gasteiger partial charge in [0.1, 0.15) is 0 Å². The Morgan fingerprint density at radius 2 is 1.95 bits per heavy atom. The molecule has 110 valence electrons. The number of benzene rings is 1. The first kappa shape index (κ1) is 14.7. The lowest BCUT2D eigenvalue weighted by Gasteiger charge is -2.36. The van der Waals surface area contributed by atoms with Gasteiger partial charge in [0, 0.05) is 35.2 Å². The molecule has 1 atom stereocenters. The van der Waals surface area contributed by atoms with Crippen LogP contribution in [0.2, 0.25) is 5.02 Å². The maximum absolute atomic E-state index is 6.33. The fourth-order valence-corrected chi connectivity index (χ4v) is 4.33. The van der Waals surface area contributed by atoms with Crippen LogP contribution in [0.15, 0.2) is 16.6 Å². The second kappa shape index (κ2) is 6.25. The lowest BCUT2D eigenvalue weighted by atomic mass is 10.0. The van der Waals surface area contributed by atoms with Crippen LogP contribution in [0.5, 0.6) is 0 Å². The van der Waals surface area contributed by atoms with Crippen LogP contribution < -0.4 is 4.90 Å². The maximum Gasteiger partial charge on any atom is 0.0526 e. The Hall–Kier alpha value is -0.250. The van der Waals surface area contributed by atoms with E-state index in [1.807, 2.05) is 0 Å². The summed E-state index contributed by atoms with van der Waals surface area (Å²) in [6.45, 7) is 6.86.